The average Bonchev–Trinajstić information content (AvgIpc) is 2.89. The molecule has 5 nitrogen and oxygen atoms in total. The SMILES string of the molecule is C=C(C)COc1ccc(C(=O)NCc2cc(C)[nH]n2)cc1. The van der Waals surface area contributed by atoms with E-state index < -0.39 is 0 Å². The zero-order chi connectivity index (χ0) is 15.2. The van der Waals surface area contributed by atoms with Gasteiger partial charge in [0.2, 0.25) is 0 Å². The van der Waals surface area contributed by atoms with Crippen LogP contribution in [0.25, 0.3) is 0 Å². The van der Waals surface area contributed by atoms with E-state index in [1.165, 1.54) is 0 Å². The predicted octanol–water partition coefficient (Wildman–Crippen LogP) is 2.60. The number of nitrogens with zero attached hydrogens (tertiary/aromatic N) is 1. The van der Waals surface area contributed by atoms with Crippen molar-refractivity contribution < 1.29 is 9.53 Å². The van der Waals surface area contributed by atoms with E-state index in [1.807, 2.05) is 19.9 Å². The molecule has 0 bridgehead atoms. The molecular formula is C16H19N3O2. The Morgan fingerprint density at radius 1 is 1.38 bits per heavy atom. The molecule has 1 heterocycles. The zero-order valence-electron chi connectivity index (χ0n) is 12.3. The summed E-state index contributed by atoms with van der Waals surface area (Å²) in [5, 5.41) is 9.73. The standard InChI is InChI=1S/C16H19N3O2/c1-11(2)10-21-15-6-4-13(5-7-15)16(20)17-9-14-8-12(3)18-19-14/h4-8H,1,9-10H2,2-3H3,(H,17,20)(H,18,19). The minimum absolute atomic E-state index is 0.137. The number of rotatable bonds is 6. The van der Waals surface area contributed by atoms with Crippen LogP contribution in [0.3, 0.4) is 0 Å². The summed E-state index contributed by atoms with van der Waals surface area (Å²) in [5.74, 6) is 0.583. The van der Waals surface area contributed by atoms with Crippen molar-refractivity contribution in [2.75, 3.05) is 6.61 Å². The lowest BCUT2D eigenvalue weighted by Gasteiger charge is -2.07. The van der Waals surface area contributed by atoms with Crippen molar-refractivity contribution in [3.05, 3.63) is 59.4 Å². The summed E-state index contributed by atoms with van der Waals surface area (Å²) in [6.07, 6.45) is 0. The van der Waals surface area contributed by atoms with Crippen LogP contribution in [0.15, 0.2) is 42.5 Å². The number of benzene rings is 1. The molecule has 2 rings (SSSR count). The summed E-state index contributed by atoms with van der Waals surface area (Å²) >= 11 is 0. The lowest BCUT2D eigenvalue weighted by Crippen LogP contribution is -2.22. The molecule has 21 heavy (non-hydrogen) atoms. The van der Waals surface area contributed by atoms with E-state index in [0.29, 0.717) is 18.7 Å². The number of hydrogen-bond acceptors (Lipinski definition) is 3. The maximum Gasteiger partial charge on any atom is 0.251 e. The molecule has 1 aromatic heterocycles. The monoisotopic (exact) mass is 285 g/mol. The molecule has 0 aliphatic carbocycles. The summed E-state index contributed by atoms with van der Waals surface area (Å²) in [6, 6.07) is 8.92. The van der Waals surface area contributed by atoms with Crippen LogP contribution in [0, 0.1) is 6.92 Å². The van der Waals surface area contributed by atoms with Crippen LogP contribution in [-0.2, 0) is 6.54 Å². The highest BCUT2D eigenvalue weighted by molar-refractivity contribution is 5.94. The minimum atomic E-state index is -0.137. The average molecular weight is 285 g/mol. The van der Waals surface area contributed by atoms with Gasteiger partial charge in [0.25, 0.3) is 5.91 Å². The first-order chi connectivity index (χ1) is 10.0. The zero-order valence-corrected chi connectivity index (χ0v) is 12.3. The van der Waals surface area contributed by atoms with Crippen molar-refractivity contribution in [1.82, 2.24) is 15.5 Å². The third-order valence-electron chi connectivity index (χ3n) is 2.79. The molecule has 0 fully saturated rings. The summed E-state index contributed by atoms with van der Waals surface area (Å²) < 4.78 is 5.49. The molecule has 2 N–H and O–H groups in total. The first-order valence-corrected chi connectivity index (χ1v) is 6.71. The van der Waals surface area contributed by atoms with Gasteiger partial charge in [-0.25, -0.2) is 0 Å². The van der Waals surface area contributed by atoms with Crippen LogP contribution in [0.2, 0.25) is 0 Å². The number of aryl methyl sites for hydroxylation is 1. The number of carbonyl (C=O) groups excluding carboxylic acids is 1. The van der Waals surface area contributed by atoms with E-state index in [4.69, 9.17) is 4.74 Å². The molecule has 0 unspecified atom stereocenters. The van der Waals surface area contributed by atoms with E-state index in [-0.39, 0.29) is 5.91 Å². The Kier molecular flexibility index (Phi) is 4.77. The summed E-state index contributed by atoms with van der Waals surface area (Å²) in [7, 11) is 0. The largest absolute Gasteiger partial charge is 0.489 e. The second-order valence-corrected chi connectivity index (χ2v) is 5.00. The summed E-state index contributed by atoms with van der Waals surface area (Å²) in [6.45, 7) is 8.47. The van der Waals surface area contributed by atoms with Crippen molar-refractivity contribution >= 4 is 5.91 Å². The van der Waals surface area contributed by atoms with Crippen LogP contribution < -0.4 is 10.1 Å². The first-order valence-electron chi connectivity index (χ1n) is 6.71. The van der Waals surface area contributed by atoms with Crippen molar-refractivity contribution in [2.24, 2.45) is 0 Å². The third-order valence-corrected chi connectivity index (χ3v) is 2.79. The molecule has 5 heteroatoms. The fourth-order valence-electron chi connectivity index (χ4n) is 1.75. The third kappa shape index (κ3) is 4.49. The van der Waals surface area contributed by atoms with E-state index in [2.05, 4.69) is 22.1 Å². The quantitative estimate of drug-likeness (QED) is 0.802. The van der Waals surface area contributed by atoms with Crippen molar-refractivity contribution in [1.29, 1.82) is 0 Å². The van der Waals surface area contributed by atoms with Gasteiger partial charge in [0, 0.05) is 11.3 Å². The van der Waals surface area contributed by atoms with Crippen LogP contribution in [0.4, 0.5) is 0 Å². The number of aromatic nitrogens is 2. The Morgan fingerprint density at radius 3 is 2.67 bits per heavy atom. The number of carbonyl (C=O) groups is 1. The highest BCUT2D eigenvalue weighted by Gasteiger charge is 2.06. The molecule has 0 saturated heterocycles. The number of nitrogens with one attached hydrogen (secondary N) is 2. The molecule has 0 atom stereocenters. The fraction of sp³-hybridized carbons (Fsp3) is 0.250. The normalized spacial score (nSPS) is 10.2. The van der Waals surface area contributed by atoms with Gasteiger partial charge in [0.05, 0.1) is 12.2 Å². The minimum Gasteiger partial charge on any atom is -0.489 e. The lowest BCUT2D eigenvalue weighted by atomic mass is 10.2. The number of hydrogen-bond donors (Lipinski definition) is 2. The maximum absolute atomic E-state index is 12.0. The van der Waals surface area contributed by atoms with Crippen LogP contribution in [-0.4, -0.2) is 22.7 Å². The van der Waals surface area contributed by atoms with Gasteiger partial charge in [-0.1, -0.05) is 6.58 Å². The number of aromatic amines is 1. The van der Waals surface area contributed by atoms with Crippen LogP contribution in [0.1, 0.15) is 28.7 Å². The van der Waals surface area contributed by atoms with E-state index in [0.717, 1.165) is 22.7 Å². The fourth-order valence-corrected chi connectivity index (χ4v) is 1.75. The van der Waals surface area contributed by atoms with Gasteiger partial charge in [-0.15, -0.1) is 0 Å². The van der Waals surface area contributed by atoms with Gasteiger partial charge in [-0.05, 0) is 49.8 Å². The molecular weight excluding hydrogens is 266 g/mol. The second-order valence-electron chi connectivity index (χ2n) is 5.00. The first kappa shape index (κ1) is 14.8. The Morgan fingerprint density at radius 2 is 2.10 bits per heavy atom. The van der Waals surface area contributed by atoms with E-state index >= 15 is 0 Å². The molecule has 1 amide bonds. The Hall–Kier alpha value is -2.56. The predicted molar refractivity (Wildman–Crippen MR) is 81.2 cm³/mol. The molecule has 2 aromatic rings. The lowest BCUT2D eigenvalue weighted by molar-refractivity contribution is 0.0950. The molecule has 0 aliphatic heterocycles. The van der Waals surface area contributed by atoms with Gasteiger partial charge in [-0.2, -0.15) is 5.10 Å². The summed E-state index contributed by atoms with van der Waals surface area (Å²) in [4.78, 5) is 12.0. The van der Waals surface area contributed by atoms with Gasteiger partial charge in [-0.3, -0.25) is 9.89 Å². The van der Waals surface area contributed by atoms with Crippen molar-refractivity contribution in [3.63, 3.8) is 0 Å². The highest BCUT2D eigenvalue weighted by atomic mass is 16.5. The van der Waals surface area contributed by atoms with Gasteiger partial charge >= 0.3 is 0 Å². The highest BCUT2D eigenvalue weighted by Crippen LogP contribution is 2.13. The van der Waals surface area contributed by atoms with Crippen LogP contribution >= 0.6 is 0 Å². The number of ether oxygens (including phenoxy) is 1. The van der Waals surface area contributed by atoms with Gasteiger partial charge < -0.3 is 10.1 Å². The second kappa shape index (κ2) is 6.74. The van der Waals surface area contributed by atoms with Crippen LogP contribution in [0.5, 0.6) is 5.75 Å². The summed E-state index contributed by atoms with van der Waals surface area (Å²) in [5.41, 5.74) is 3.32. The smallest absolute Gasteiger partial charge is 0.251 e. The molecule has 0 saturated carbocycles. The molecule has 110 valence electrons. The molecule has 0 aliphatic rings. The van der Waals surface area contributed by atoms with Crippen molar-refractivity contribution in [2.45, 2.75) is 20.4 Å². The van der Waals surface area contributed by atoms with E-state index in [1.54, 1.807) is 24.3 Å². The number of amides is 1. The number of H-pyrrole nitrogens is 1. The Bertz CT molecular complexity index is 629. The Labute approximate surface area is 124 Å². The molecule has 0 spiro atoms. The molecule has 1 aromatic carbocycles. The van der Waals surface area contributed by atoms with Gasteiger partial charge in [0.1, 0.15) is 12.4 Å². The van der Waals surface area contributed by atoms with Crippen molar-refractivity contribution in [3.8, 4) is 5.75 Å². The van der Waals surface area contributed by atoms with E-state index in [9.17, 15) is 4.79 Å². The Balaban J connectivity index is 1.88. The maximum atomic E-state index is 12.0. The topological polar surface area (TPSA) is 67.0 Å². The molecule has 0 radical (unpaired) electrons. The van der Waals surface area contributed by atoms with Gasteiger partial charge in [0.15, 0.2) is 0 Å².